The summed E-state index contributed by atoms with van der Waals surface area (Å²) in [5.41, 5.74) is -0.546. The van der Waals surface area contributed by atoms with Crippen LogP contribution in [0.15, 0.2) is 0 Å². The van der Waals surface area contributed by atoms with Crippen LogP contribution in [0, 0.1) is 0 Å². The fourth-order valence-corrected chi connectivity index (χ4v) is 1.93. The van der Waals surface area contributed by atoms with Gasteiger partial charge >= 0.3 is 0 Å². The summed E-state index contributed by atoms with van der Waals surface area (Å²) in [5.74, 6) is 0.0824. The number of amides is 1. The molecule has 1 aliphatic rings. The van der Waals surface area contributed by atoms with Crippen molar-refractivity contribution in [3.05, 3.63) is 0 Å². The van der Waals surface area contributed by atoms with E-state index in [4.69, 9.17) is 0 Å². The molecular weight excluding hydrogens is 192 g/mol. The number of carbonyl (C=O) groups is 1. The van der Waals surface area contributed by atoms with Crippen molar-refractivity contribution in [2.24, 2.45) is 0 Å². The quantitative estimate of drug-likeness (QED) is 0.713. The Bertz CT molecular complexity index is 217. The number of aliphatic hydroxyl groups is 1. The maximum Gasteiger partial charge on any atom is 0.234 e. The van der Waals surface area contributed by atoms with E-state index in [0.717, 1.165) is 32.4 Å². The molecule has 15 heavy (non-hydrogen) atoms. The highest BCUT2D eigenvalue weighted by molar-refractivity contribution is 5.77. The molecular formula is C11H22N2O2. The smallest absolute Gasteiger partial charge is 0.234 e. The Morgan fingerprint density at radius 2 is 2.20 bits per heavy atom. The summed E-state index contributed by atoms with van der Waals surface area (Å²) in [6.07, 6.45) is 2.55. The minimum Gasteiger partial charge on any atom is -0.390 e. The van der Waals surface area contributed by atoms with Crippen LogP contribution in [0.5, 0.6) is 0 Å². The van der Waals surface area contributed by atoms with Crippen LogP contribution in [0.25, 0.3) is 0 Å². The Balaban J connectivity index is 2.34. The topological polar surface area (TPSA) is 52.6 Å². The molecule has 0 bridgehead atoms. The molecule has 1 rings (SSSR count). The first kappa shape index (κ1) is 12.5. The zero-order chi connectivity index (χ0) is 11.3. The van der Waals surface area contributed by atoms with E-state index in [0.29, 0.717) is 13.1 Å². The van der Waals surface area contributed by atoms with Crippen LogP contribution < -0.4 is 5.32 Å². The average molecular weight is 214 g/mol. The van der Waals surface area contributed by atoms with E-state index in [1.807, 2.05) is 13.8 Å². The van der Waals surface area contributed by atoms with Gasteiger partial charge in [-0.15, -0.1) is 0 Å². The molecule has 1 amide bonds. The second kappa shape index (κ2) is 5.47. The van der Waals surface area contributed by atoms with E-state index in [2.05, 4.69) is 10.2 Å². The lowest BCUT2D eigenvalue weighted by Crippen LogP contribution is -2.38. The minimum atomic E-state index is -0.546. The van der Waals surface area contributed by atoms with E-state index in [9.17, 15) is 9.90 Å². The molecule has 1 saturated heterocycles. The van der Waals surface area contributed by atoms with Gasteiger partial charge in [-0.05, 0) is 39.7 Å². The molecule has 0 aromatic heterocycles. The Morgan fingerprint density at radius 3 is 2.87 bits per heavy atom. The van der Waals surface area contributed by atoms with Crippen molar-refractivity contribution in [1.82, 2.24) is 10.2 Å². The van der Waals surface area contributed by atoms with Crippen molar-refractivity contribution in [3.8, 4) is 0 Å². The predicted molar refractivity (Wildman–Crippen MR) is 59.6 cm³/mol. The van der Waals surface area contributed by atoms with E-state index >= 15 is 0 Å². The first-order chi connectivity index (χ1) is 7.03. The summed E-state index contributed by atoms with van der Waals surface area (Å²) >= 11 is 0. The number of hydrogen-bond donors (Lipinski definition) is 2. The Morgan fingerprint density at radius 1 is 1.47 bits per heavy atom. The molecule has 1 aliphatic heterocycles. The molecule has 1 heterocycles. The molecule has 0 aromatic carbocycles. The highest BCUT2D eigenvalue weighted by Gasteiger charge is 2.25. The van der Waals surface area contributed by atoms with Crippen LogP contribution >= 0.6 is 0 Å². The lowest BCUT2D eigenvalue weighted by molar-refractivity contribution is -0.122. The van der Waals surface area contributed by atoms with Crippen molar-refractivity contribution in [1.29, 1.82) is 0 Å². The normalized spacial score (nSPS) is 28.5. The standard InChI is InChI=1S/C11H22N2O2/c1-3-12-10(14)9-13-7-4-5-11(2,15)6-8-13/h15H,3-9H2,1-2H3,(H,12,14). The first-order valence-corrected chi connectivity index (χ1v) is 5.75. The van der Waals surface area contributed by atoms with Gasteiger partial charge in [0.2, 0.25) is 5.91 Å². The van der Waals surface area contributed by atoms with Crippen molar-refractivity contribution in [2.45, 2.75) is 38.7 Å². The third-order valence-electron chi connectivity index (χ3n) is 2.90. The maximum atomic E-state index is 11.4. The molecule has 0 spiro atoms. The number of hydrogen-bond acceptors (Lipinski definition) is 3. The zero-order valence-corrected chi connectivity index (χ0v) is 9.75. The number of rotatable bonds is 3. The molecule has 88 valence electrons. The lowest BCUT2D eigenvalue weighted by Gasteiger charge is -2.21. The molecule has 0 radical (unpaired) electrons. The van der Waals surface area contributed by atoms with Gasteiger partial charge < -0.3 is 10.4 Å². The van der Waals surface area contributed by atoms with Gasteiger partial charge in [-0.1, -0.05) is 0 Å². The number of likely N-dealkylation sites (N-methyl/N-ethyl adjacent to an activating group) is 1. The molecule has 0 saturated carbocycles. The van der Waals surface area contributed by atoms with Crippen LogP contribution in [-0.4, -0.2) is 47.7 Å². The minimum absolute atomic E-state index is 0.0824. The summed E-state index contributed by atoms with van der Waals surface area (Å²) in [5, 5.41) is 12.7. The van der Waals surface area contributed by atoms with Gasteiger partial charge in [0.15, 0.2) is 0 Å². The Kier molecular flexibility index (Phi) is 4.54. The van der Waals surface area contributed by atoms with E-state index < -0.39 is 5.60 Å². The van der Waals surface area contributed by atoms with E-state index in [1.54, 1.807) is 0 Å². The fraction of sp³-hybridized carbons (Fsp3) is 0.909. The predicted octanol–water partition coefficient (Wildman–Crippen LogP) is 0.359. The maximum absolute atomic E-state index is 11.4. The first-order valence-electron chi connectivity index (χ1n) is 5.75. The monoisotopic (exact) mass is 214 g/mol. The molecule has 1 unspecified atom stereocenters. The number of nitrogens with zero attached hydrogens (tertiary/aromatic N) is 1. The Labute approximate surface area is 91.6 Å². The highest BCUT2D eigenvalue weighted by Crippen LogP contribution is 2.20. The lowest BCUT2D eigenvalue weighted by atomic mass is 9.98. The summed E-state index contributed by atoms with van der Waals surface area (Å²) in [7, 11) is 0. The van der Waals surface area contributed by atoms with Crippen LogP contribution in [0.4, 0.5) is 0 Å². The van der Waals surface area contributed by atoms with Crippen LogP contribution in [0.1, 0.15) is 33.1 Å². The van der Waals surface area contributed by atoms with E-state index in [1.165, 1.54) is 0 Å². The van der Waals surface area contributed by atoms with Crippen LogP contribution in [0.2, 0.25) is 0 Å². The van der Waals surface area contributed by atoms with Gasteiger partial charge in [0, 0.05) is 13.1 Å². The van der Waals surface area contributed by atoms with Crippen molar-refractivity contribution < 1.29 is 9.90 Å². The zero-order valence-electron chi connectivity index (χ0n) is 9.75. The fourth-order valence-electron chi connectivity index (χ4n) is 1.93. The largest absolute Gasteiger partial charge is 0.390 e. The van der Waals surface area contributed by atoms with Crippen molar-refractivity contribution >= 4 is 5.91 Å². The van der Waals surface area contributed by atoms with Gasteiger partial charge in [-0.25, -0.2) is 0 Å². The van der Waals surface area contributed by atoms with Gasteiger partial charge in [0.1, 0.15) is 0 Å². The van der Waals surface area contributed by atoms with Gasteiger partial charge in [-0.3, -0.25) is 9.69 Å². The van der Waals surface area contributed by atoms with E-state index in [-0.39, 0.29) is 5.91 Å². The molecule has 0 aromatic rings. The molecule has 4 nitrogen and oxygen atoms in total. The number of carbonyl (C=O) groups excluding carboxylic acids is 1. The molecule has 4 heteroatoms. The third-order valence-corrected chi connectivity index (χ3v) is 2.90. The summed E-state index contributed by atoms with van der Waals surface area (Å²) in [6, 6.07) is 0. The van der Waals surface area contributed by atoms with Crippen LogP contribution in [0.3, 0.4) is 0 Å². The Hall–Kier alpha value is -0.610. The van der Waals surface area contributed by atoms with Gasteiger partial charge in [-0.2, -0.15) is 0 Å². The summed E-state index contributed by atoms with van der Waals surface area (Å²) in [6.45, 7) is 6.67. The number of nitrogens with one attached hydrogen (secondary N) is 1. The SMILES string of the molecule is CCNC(=O)CN1CCCC(C)(O)CC1. The van der Waals surface area contributed by atoms with Gasteiger partial charge in [0.05, 0.1) is 12.1 Å². The average Bonchev–Trinajstić information content (AvgIpc) is 2.28. The van der Waals surface area contributed by atoms with Crippen molar-refractivity contribution in [3.63, 3.8) is 0 Å². The molecule has 2 N–H and O–H groups in total. The second-order valence-electron chi connectivity index (χ2n) is 4.58. The summed E-state index contributed by atoms with van der Waals surface area (Å²) in [4.78, 5) is 13.5. The third kappa shape index (κ3) is 4.62. The molecule has 0 aliphatic carbocycles. The highest BCUT2D eigenvalue weighted by atomic mass is 16.3. The molecule has 1 atom stereocenters. The van der Waals surface area contributed by atoms with Crippen molar-refractivity contribution in [2.75, 3.05) is 26.2 Å². The number of likely N-dealkylation sites (tertiary alicyclic amines) is 1. The van der Waals surface area contributed by atoms with Crippen LogP contribution in [-0.2, 0) is 4.79 Å². The summed E-state index contributed by atoms with van der Waals surface area (Å²) < 4.78 is 0. The molecule has 1 fully saturated rings. The van der Waals surface area contributed by atoms with Gasteiger partial charge in [0.25, 0.3) is 0 Å². The second-order valence-corrected chi connectivity index (χ2v) is 4.58.